The van der Waals surface area contributed by atoms with Crippen LogP contribution in [0.1, 0.15) is 66.5 Å². The second-order valence-corrected chi connectivity index (χ2v) is 16.0. The van der Waals surface area contributed by atoms with E-state index in [-0.39, 0.29) is 27.4 Å². The van der Waals surface area contributed by atoms with Gasteiger partial charge in [0.25, 0.3) is 15.9 Å². The Labute approximate surface area is 249 Å². The molecule has 224 valence electrons. The first kappa shape index (κ1) is 28.7. The highest BCUT2D eigenvalue weighted by Crippen LogP contribution is 2.65. The third kappa shape index (κ3) is 5.08. The van der Waals surface area contributed by atoms with Crippen molar-refractivity contribution in [3.05, 3.63) is 71.8 Å². The zero-order valence-electron chi connectivity index (χ0n) is 25.4. The van der Waals surface area contributed by atoms with E-state index in [1.54, 1.807) is 24.4 Å². The lowest BCUT2D eigenvalue weighted by Gasteiger charge is -2.48. The number of carbonyl (C=O) groups is 1. The number of amides is 1. The van der Waals surface area contributed by atoms with Crippen LogP contribution in [0.25, 0.3) is 0 Å². The van der Waals surface area contributed by atoms with E-state index in [1.165, 1.54) is 6.07 Å². The number of aromatic nitrogens is 2. The van der Waals surface area contributed by atoms with Crippen LogP contribution in [0, 0.1) is 16.7 Å². The van der Waals surface area contributed by atoms with E-state index in [0.717, 1.165) is 31.5 Å². The summed E-state index contributed by atoms with van der Waals surface area (Å²) in [5.74, 6) is 0.960. The SMILES string of the molecule is CC1(C)CC23CC2CC(Cc2ccccn2)Nc2cccc(n2)S(=O)(=O)NC(=O)C2=C(NC(C)(C(C)(C)C)C=C2)N1C3. The summed E-state index contributed by atoms with van der Waals surface area (Å²) in [6, 6.07) is 10.8. The number of hydrogen-bond acceptors (Lipinski definition) is 8. The van der Waals surface area contributed by atoms with Gasteiger partial charge in [-0.15, -0.1) is 0 Å². The van der Waals surface area contributed by atoms with Crippen molar-refractivity contribution in [1.29, 1.82) is 0 Å². The highest BCUT2D eigenvalue weighted by atomic mass is 32.2. The van der Waals surface area contributed by atoms with Gasteiger partial charge < -0.3 is 15.5 Å². The topological polar surface area (TPSA) is 116 Å². The lowest BCUT2D eigenvalue weighted by Crippen LogP contribution is -2.57. The highest BCUT2D eigenvalue weighted by Gasteiger charge is 2.63. The zero-order chi connectivity index (χ0) is 30.1. The normalized spacial score (nSPS) is 31.5. The van der Waals surface area contributed by atoms with Gasteiger partial charge in [-0.3, -0.25) is 9.78 Å². The molecule has 4 bridgehead atoms. The van der Waals surface area contributed by atoms with Crippen LogP contribution in [-0.4, -0.2) is 52.9 Å². The first-order valence-corrected chi connectivity index (χ1v) is 16.3. The van der Waals surface area contributed by atoms with Gasteiger partial charge in [-0.05, 0) is 87.1 Å². The molecule has 4 unspecified atom stereocenters. The van der Waals surface area contributed by atoms with Crippen molar-refractivity contribution >= 4 is 21.7 Å². The minimum absolute atomic E-state index is 0.0151. The Morgan fingerprint density at radius 2 is 1.88 bits per heavy atom. The Hall–Kier alpha value is -3.40. The molecule has 1 spiro atoms. The molecule has 2 aromatic heterocycles. The van der Waals surface area contributed by atoms with Crippen molar-refractivity contribution in [3.63, 3.8) is 0 Å². The summed E-state index contributed by atoms with van der Waals surface area (Å²) in [7, 11) is -4.24. The lowest BCUT2D eigenvalue weighted by molar-refractivity contribution is -0.115. The third-order valence-electron chi connectivity index (χ3n) is 9.96. The Morgan fingerprint density at radius 1 is 1.10 bits per heavy atom. The predicted octanol–water partition coefficient (Wildman–Crippen LogP) is 4.37. The van der Waals surface area contributed by atoms with Gasteiger partial charge in [0.2, 0.25) is 0 Å². The van der Waals surface area contributed by atoms with E-state index < -0.39 is 21.5 Å². The summed E-state index contributed by atoms with van der Waals surface area (Å²) in [5, 5.41) is 7.03. The predicted molar refractivity (Wildman–Crippen MR) is 163 cm³/mol. The molecule has 42 heavy (non-hydrogen) atoms. The molecule has 2 fully saturated rings. The fourth-order valence-corrected chi connectivity index (χ4v) is 7.94. The van der Waals surface area contributed by atoms with Crippen molar-refractivity contribution in [1.82, 2.24) is 24.9 Å². The summed E-state index contributed by atoms with van der Waals surface area (Å²) < 4.78 is 29.3. The van der Waals surface area contributed by atoms with E-state index in [0.29, 0.717) is 29.6 Å². The van der Waals surface area contributed by atoms with E-state index in [1.807, 2.05) is 24.3 Å². The molecule has 9 nitrogen and oxygen atoms in total. The third-order valence-corrected chi connectivity index (χ3v) is 11.2. The van der Waals surface area contributed by atoms with Crippen molar-refractivity contribution in [2.24, 2.45) is 16.7 Å². The number of pyridine rings is 2. The Kier molecular flexibility index (Phi) is 6.53. The van der Waals surface area contributed by atoms with Gasteiger partial charge in [0.15, 0.2) is 5.03 Å². The molecular weight excluding hydrogens is 548 g/mol. The number of nitrogens with zero attached hydrogens (tertiary/aromatic N) is 3. The molecule has 0 radical (unpaired) electrons. The fraction of sp³-hybridized carbons (Fsp3) is 0.531. The van der Waals surface area contributed by atoms with Gasteiger partial charge in [0, 0.05) is 36.4 Å². The van der Waals surface area contributed by atoms with Gasteiger partial charge in [0.05, 0.1) is 11.1 Å². The van der Waals surface area contributed by atoms with Gasteiger partial charge in [-0.2, -0.15) is 8.42 Å². The molecule has 10 heteroatoms. The lowest BCUT2D eigenvalue weighted by atomic mass is 9.73. The van der Waals surface area contributed by atoms with Crippen molar-refractivity contribution in [2.75, 3.05) is 11.9 Å². The van der Waals surface area contributed by atoms with Gasteiger partial charge in [-0.25, -0.2) is 9.71 Å². The maximum atomic E-state index is 13.8. The molecule has 4 atom stereocenters. The molecule has 6 rings (SSSR count). The van der Waals surface area contributed by atoms with Gasteiger partial charge in [-0.1, -0.05) is 39.0 Å². The van der Waals surface area contributed by atoms with E-state index in [2.05, 4.69) is 71.8 Å². The summed E-state index contributed by atoms with van der Waals surface area (Å²) in [4.78, 5) is 25.1. The van der Waals surface area contributed by atoms with E-state index >= 15 is 0 Å². The number of sulfonamides is 1. The van der Waals surface area contributed by atoms with Crippen molar-refractivity contribution < 1.29 is 13.2 Å². The van der Waals surface area contributed by atoms with Crippen LogP contribution in [-0.2, 0) is 21.2 Å². The molecule has 3 aliphatic heterocycles. The van der Waals surface area contributed by atoms with E-state index in [4.69, 9.17) is 0 Å². The largest absolute Gasteiger partial charge is 0.367 e. The number of rotatable bonds is 2. The average molecular weight is 591 g/mol. The summed E-state index contributed by atoms with van der Waals surface area (Å²) >= 11 is 0. The van der Waals surface area contributed by atoms with Crippen molar-refractivity contribution in [3.8, 4) is 0 Å². The molecule has 1 saturated heterocycles. The molecule has 5 heterocycles. The molecule has 1 saturated carbocycles. The minimum Gasteiger partial charge on any atom is -0.367 e. The quantitative estimate of drug-likeness (QED) is 0.472. The molecular formula is C32H42N6O3S. The molecule has 1 amide bonds. The second-order valence-electron chi connectivity index (χ2n) is 14.4. The number of dihydropyridines is 1. The highest BCUT2D eigenvalue weighted by molar-refractivity contribution is 7.90. The molecule has 0 aromatic carbocycles. The first-order valence-electron chi connectivity index (χ1n) is 14.8. The molecule has 2 aromatic rings. The first-order chi connectivity index (χ1) is 19.6. The smallest absolute Gasteiger partial charge is 0.281 e. The van der Waals surface area contributed by atoms with Crippen LogP contribution in [0.15, 0.2) is 71.2 Å². The fourth-order valence-electron chi connectivity index (χ4n) is 7.01. The number of anilines is 1. The maximum absolute atomic E-state index is 13.8. The average Bonchev–Trinajstić information content (AvgIpc) is 3.46. The van der Waals surface area contributed by atoms with Crippen LogP contribution in [0.5, 0.6) is 0 Å². The number of hydrogen-bond donors (Lipinski definition) is 3. The van der Waals surface area contributed by atoms with Crippen LogP contribution in [0.2, 0.25) is 0 Å². The van der Waals surface area contributed by atoms with Crippen LogP contribution in [0.3, 0.4) is 0 Å². The van der Waals surface area contributed by atoms with Crippen LogP contribution >= 0.6 is 0 Å². The van der Waals surface area contributed by atoms with Crippen molar-refractivity contribution in [2.45, 2.75) is 89.4 Å². The van der Waals surface area contributed by atoms with Crippen LogP contribution in [0.4, 0.5) is 5.82 Å². The number of fused-ring (bicyclic) bond motifs is 4. The maximum Gasteiger partial charge on any atom is 0.281 e. The number of carbonyl (C=O) groups excluding carboxylic acids is 1. The monoisotopic (exact) mass is 590 g/mol. The summed E-state index contributed by atoms with van der Waals surface area (Å²) in [6.07, 6.45) is 9.28. The number of nitrogens with one attached hydrogen (secondary N) is 3. The van der Waals surface area contributed by atoms with Gasteiger partial charge >= 0.3 is 0 Å². The molecule has 4 aliphatic rings. The minimum atomic E-state index is -4.24. The molecule has 1 aliphatic carbocycles. The van der Waals surface area contributed by atoms with Gasteiger partial charge in [0.1, 0.15) is 11.6 Å². The molecule has 3 N–H and O–H groups in total. The summed E-state index contributed by atoms with van der Waals surface area (Å²) in [6.45, 7) is 13.9. The van der Waals surface area contributed by atoms with E-state index in [9.17, 15) is 13.2 Å². The Morgan fingerprint density at radius 3 is 2.60 bits per heavy atom. The Balaban J connectivity index is 1.44. The van der Waals surface area contributed by atoms with Crippen LogP contribution < -0.4 is 15.4 Å². The standard InChI is InChI=1S/C32H42N6O3S/c1-29(2,3)31(6)14-13-24-27(36-31)38-20-32(19-30(38,4)5)18-21(32)16-23(17-22-10-7-8-15-33-22)34-25-11-9-12-26(35-25)42(40,41)37-28(24)39/h7-15,21,23,36H,16-20H2,1-6H3,(H,34,35)(H,37,39). The Bertz CT molecular complexity index is 1580. The summed E-state index contributed by atoms with van der Waals surface area (Å²) in [5.41, 5.74) is 0.556. The zero-order valence-corrected chi connectivity index (χ0v) is 26.2. The second kappa shape index (κ2) is 9.56.